The van der Waals surface area contributed by atoms with Crippen molar-refractivity contribution in [2.75, 3.05) is 11.4 Å². The van der Waals surface area contributed by atoms with E-state index in [0.29, 0.717) is 19.6 Å². The molecule has 2 aromatic rings. The Balaban J connectivity index is 1.60. The van der Waals surface area contributed by atoms with E-state index < -0.39 is 6.04 Å². The number of nitrogens with one attached hydrogen (secondary N) is 1. The van der Waals surface area contributed by atoms with E-state index in [2.05, 4.69) is 5.32 Å². The number of hydrogen-bond donors (Lipinski definition) is 1. The summed E-state index contributed by atoms with van der Waals surface area (Å²) in [6.45, 7) is 2.54. The lowest BCUT2D eigenvalue weighted by atomic mass is 10.2. The predicted molar refractivity (Wildman–Crippen MR) is 91.8 cm³/mol. The van der Waals surface area contributed by atoms with Crippen molar-refractivity contribution in [2.24, 2.45) is 0 Å². The van der Waals surface area contributed by atoms with Crippen LogP contribution in [-0.2, 0) is 16.2 Å². The molecule has 5 nitrogen and oxygen atoms in total. The Morgan fingerprint density at radius 2 is 1.88 bits per heavy atom. The Labute approximate surface area is 141 Å². The first kappa shape index (κ1) is 16.1. The van der Waals surface area contributed by atoms with Crippen LogP contribution >= 0.6 is 0 Å². The second kappa shape index (κ2) is 7.17. The molecular formula is C19H20N2O3. The molecule has 0 unspecified atom stereocenters. The minimum Gasteiger partial charge on any atom is -0.489 e. The SMILES string of the molecule is CC(=O)N[C@H]1CCN(c2ccc(OCc3ccccc3)cc2)C1=O. The monoisotopic (exact) mass is 324 g/mol. The zero-order chi connectivity index (χ0) is 16.9. The summed E-state index contributed by atoms with van der Waals surface area (Å²) in [4.78, 5) is 25.1. The van der Waals surface area contributed by atoms with Crippen molar-refractivity contribution in [3.63, 3.8) is 0 Å². The van der Waals surface area contributed by atoms with Gasteiger partial charge in [0.2, 0.25) is 11.8 Å². The summed E-state index contributed by atoms with van der Waals surface area (Å²) >= 11 is 0. The molecule has 2 aromatic carbocycles. The van der Waals surface area contributed by atoms with Crippen molar-refractivity contribution in [1.29, 1.82) is 0 Å². The van der Waals surface area contributed by atoms with Gasteiger partial charge in [-0.1, -0.05) is 30.3 Å². The molecule has 2 amide bonds. The van der Waals surface area contributed by atoms with E-state index in [4.69, 9.17) is 4.74 Å². The second-order valence-electron chi connectivity index (χ2n) is 5.80. The van der Waals surface area contributed by atoms with Crippen LogP contribution in [-0.4, -0.2) is 24.4 Å². The number of rotatable bonds is 5. The lowest BCUT2D eigenvalue weighted by molar-refractivity contribution is -0.125. The lowest BCUT2D eigenvalue weighted by Gasteiger charge is -2.17. The number of nitrogens with zero attached hydrogens (tertiary/aromatic N) is 1. The molecule has 5 heteroatoms. The van der Waals surface area contributed by atoms with Gasteiger partial charge in [-0.3, -0.25) is 9.59 Å². The molecule has 0 aliphatic carbocycles. The van der Waals surface area contributed by atoms with E-state index >= 15 is 0 Å². The van der Waals surface area contributed by atoms with Crippen LogP contribution in [0.5, 0.6) is 5.75 Å². The molecule has 0 radical (unpaired) electrons. The first-order valence-corrected chi connectivity index (χ1v) is 7.99. The van der Waals surface area contributed by atoms with Crippen molar-refractivity contribution >= 4 is 17.5 Å². The van der Waals surface area contributed by atoms with Gasteiger partial charge < -0.3 is 15.0 Å². The summed E-state index contributed by atoms with van der Waals surface area (Å²) in [6.07, 6.45) is 0.630. The summed E-state index contributed by atoms with van der Waals surface area (Å²) in [6, 6.07) is 17.0. The molecule has 0 spiro atoms. The highest BCUT2D eigenvalue weighted by Gasteiger charge is 2.32. The average Bonchev–Trinajstić information content (AvgIpc) is 2.95. The molecule has 1 atom stereocenters. The minimum absolute atomic E-state index is 0.0665. The van der Waals surface area contributed by atoms with Crippen LogP contribution in [0.15, 0.2) is 54.6 Å². The van der Waals surface area contributed by atoms with Crippen LogP contribution in [0.3, 0.4) is 0 Å². The fourth-order valence-electron chi connectivity index (χ4n) is 2.78. The third-order valence-corrected chi connectivity index (χ3v) is 3.98. The topological polar surface area (TPSA) is 58.6 Å². The summed E-state index contributed by atoms with van der Waals surface area (Å²) in [5.41, 5.74) is 1.93. The molecule has 124 valence electrons. The summed E-state index contributed by atoms with van der Waals surface area (Å²) in [7, 11) is 0. The van der Waals surface area contributed by atoms with E-state index in [9.17, 15) is 9.59 Å². The summed E-state index contributed by atoms with van der Waals surface area (Å²) in [5.74, 6) is 0.510. The molecule has 0 aromatic heterocycles. The molecule has 1 N–H and O–H groups in total. The van der Waals surface area contributed by atoms with Gasteiger partial charge in [-0.2, -0.15) is 0 Å². The number of anilines is 1. The molecular weight excluding hydrogens is 304 g/mol. The largest absolute Gasteiger partial charge is 0.489 e. The molecule has 0 bridgehead atoms. The molecule has 1 heterocycles. The number of hydrogen-bond acceptors (Lipinski definition) is 3. The highest BCUT2D eigenvalue weighted by atomic mass is 16.5. The number of carbonyl (C=O) groups excluding carboxylic acids is 2. The number of ether oxygens (including phenoxy) is 1. The minimum atomic E-state index is -0.420. The maximum atomic E-state index is 12.3. The standard InChI is InChI=1S/C19H20N2O3/c1-14(22)20-18-11-12-21(19(18)23)16-7-9-17(10-8-16)24-13-15-5-3-2-4-6-15/h2-10,18H,11-13H2,1H3,(H,20,22)/t18-/m0/s1. The van der Waals surface area contributed by atoms with E-state index in [1.807, 2.05) is 54.6 Å². The van der Waals surface area contributed by atoms with Crippen molar-refractivity contribution < 1.29 is 14.3 Å². The van der Waals surface area contributed by atoms with Crippen LogP contribution in [0.4, 0.5) is 5.69 Å². The van der Waals surface area contributed by atoms with Gasteiger partial charge >= 0.3 is 0 Å². The highest BCUT2D eigenvalue weighted by molar-refractivity contribution is 6.01. The highest BCUT2D eigenvalue weighted by Crippen LogP contribution is 2.24. The van der Waals surface area contributed by atoms with E-state index in [-0.39, 0.29) is 11.8 Å². The molecule has 1 aliphatic rings. The fraction of sp³-hybridized carbons (Fsp3) is 0.263. The Morgan fingerprint density at radius 1 is 1.17 bits per heavy atom. The molecule has 1 saturated heterocycles. The Kier molecular flexibility index (Phi) is 4.79. The third kappa shape index (κ3) is 3.74. The van der Waals surface area contributed by atoms with Gasteiger partial charge in [0, 0.05) is 19.2 Å². The van der Waals surface area contributed by atoms with Gasteiger partial charge in [-0.15, -0.1) is 0 Å². The van der Waals surface area contributed by atoms with Gasteiger partial charge in [0.1, 0.15) is 18.4 Å². The summed E-state index contributed by atoms with van der Waals surface area (Å²) in [5, 5.41) is 2.69. The van der Waals surface area contributed by atoms with Crippen molar-refractivity contribution in [2.45, 2.75) is 26.0 Å². The normalized spacial score (nSPS) is 17.0. The first-order valence-electron chi connectivity index (χ1n) is 7.99. The second-order valence-corrected chi connectivity index (χ2v) is 5.80. The van der Waals surface area contributed by atoms with Gasteiger partial charge in [0.05, 0.1) is 0 Å². The van der Waals surface area contributed by atoms with Crippen LogP contribution in [0, 0.1) is 0 Å². The molecule has 3 rings (SSSR count). The fourth-order valence-corrected chi connectivity index (χ4v) is 2.78. The van der Waals surface area contributed by atoms with Crippen LogP contribution in [0.25, 0.3) is 0 Å². The third-order valence-electron chi connectivity index (χ3n) is 3.98. The average molecular weight is 324 g/mol. The van der Waals surface area contributed by atoms with Gasteiger partial charge in [0.15, 0.2) is 0 Å². The maximum absolute atomic E-state index is 12.3. The molecule has 1 fully saturated rings. The van der Waals surface area contributed by atoms with Gasteiger partial charge in [-0.05, 0) is 36.2 Å². The van der Waals surface area contributed by atoms with Crippen LogP contribution in [0.2, 0.25) is 0 Å². The quantitative estimate of drug-likeness (QED) is 0.919. The van der Waals surface area contributed by atoms with E-state index in [0.717, 1.165) is 17.0 Å². The molecule has 0 saturated carbocycles. The van der Waals surface area contributed by atoms with Gasteiger partial charge in [-0.25, -0.2) is 0 Å². The summed E-state index contributed by atoms with van der Waals surface area (Å²) < 4.78 is 5.75. The van der Waals surface area contributed by atoms with E-state index in [1.165, 1.54) is 6.92 Å². The number of benzene rings is 2. The molecule has 24 heavy (non-hydrogen) atoms. The Hall–Kier alpha value is -2.82. The Bertz CT molecular complexity index is 713. The first-order chi connectivity index (χ1) is 11.6. The zero-order valence-electron chi connectivity index (χ0n) is 13.6. The van der Waals surface area contributed by atoms with Crippen LogP contribution < -0.4 is 15.0 Å². The maximum Gasteiger partial charge on any atom is 0.249 e. The lowest BCUT2D eigenvalue weighted by Crippen LogP contribution is -2.40. The van der Waals surface area contributed by atoms with Gasteiger partial charge in [0.25, 0.3) is 0 Å². The van der Waals surface area contributed by atoms with Crippen molar-refractivity contribution in [3.05, 3.63) is 60.2 Å². The zero-order valence-corrected chi connectivity index (χ0v) is 13.6. The Morgan fingerprint density at radius 3 is 2.54 bits per heavy atom. The number of carbonyl (C=O) groups is 2. The van der Waals surface area contributed by atoms with Crippen molar-refractivity contribution in [3.8, 4) is 5.75 Å². The predicted octanol–water partition coefficient (Wildman–Crippen LogP) is 2.51. The van der Waals surface area contributed by atoms with E-state index in [1.54, 1.807) is 4.90 Å². The van der Waals surface area contributed by atoms with Crippen molar-refractivity contribution in [1.82, 2.24) is 5.32 Å². The smallest absolute Gasteiger partial charge is 0.249 e. The van der Waals surface area contributed by atoms with Crippen LogP contribution in [0.1, 0.15) is 18.9 Å². The number of amides is 2. The molecule has 1 aliphatic heterocycles.